The second kappa shape index (κ2) is 8.69. The molecule has 0 aromatic carbocycles. The largest absolute Gasteiger partial charge is 0.357 e. The van der Waals surface area contributed by atoms with Crippen LogP contribution in [0.3, 0.4) is 0 Å². The molecule has 0 aliphatic rings. The normalized spacial score (nSPS) is 11.4. The molecule has 0 aliphatic heterocycles. The van der Waals surface area contributed by atoms with Crippen molar-refractivity contribution >= 4 is 17.3 Å². The summed E-state index contributed by atoms with van der Waals surface area (Å²) < 4.78 is 0. The van der Waals surface area contributed by atoms with Crippen LogP contribution in [-0.4, -0.2) is 36.0 Å². The summed E-state index contributed by atoms with van der Waals surface area (Å²) in [5.41, 5.74) is 0. The fourth-order valence-corrected chi connectivity index (χ4v) is 2.38. The third kappa shape index (κ3) is 5.87. The minimum Gasteiger partial charge on any atom is -0.357 e. The van der Waals surface area contributed by atoms with E-state index in [2.05, 4.69) is 47.7 Å². The number of unbranched alkanes of at least 4 members (excludes halogenated alkanes) is 1. The molecule has 0 fully saturated rings. The van der Waals surface area contributed by atoms with Crippen LogP contribution in [-0.2, 0) is 6.54 Å². The molecule has 0 unspecified atom stereocenters. The van der Waals surface area contributed by atoms with Gasteiger partial charge in [-0.1, -0.05) is 6.08 Å². The zero-order valence-electron chi connectivity index (χ0n) is 12.1. The van der Waals surface area contributed by atoms with Crippen molar-refractivity contribution in [1.29, 1.82) is 0 Å². The van der Waals surface area contributed by atoms with E-state index in [4.69, 9.17) is 0 Å². The molecule has 1 rings (SSSR count). The number of nitrogens with zero attached hydrogens (tertiary/aromatic N) is 3. The molecule has 5 heteroatoms. The van der Waals surface area contributed by atoms with Gasteiger partial charge in [-0.25, -0.2) is 9.98 Å². The molecule has 1 heterocycles. The van der Waals surface area contributed by atoms with Gasteiger partial charge in [-0.15, -0.1) is 17.9 Å². The summed E-state index contributed by atoms with van der Waals surface area (Å²) in [6.07, 6.45) is 5.99. The molecule has 0 atom stereocenters. The standard InChI is InChI=1S/C14H24N4S/c1-5-7-8-9-18(4)14(15-6-2)17-11-13-16-10-12(3)19-13/h5,10H,1,6-9,11H2,2-4H3,(H,15,17). The van der Waals surface area contributed by atoms with E-state index in [1.54, 1.807) is 11.3 Å². The van der Waals surface area contributed by atoms with Crippen molar-refractivity contribution in [2.45, 2.75) is 33.2 Å². The molecule has 0 bridgehead atoms. The van der Waals surface area contributed by atoms with Gasteiger partial charge in [0.05, 0.1) is 6.54 Å². The minimum absolute atomic E-state index is 0.645. The van der Waals surface area contributed by atoms with Crippen LogP contribution in [0.5, 0.6) is 0 Å². The second-order valence-corrected chi connectivity index (χ2v) is 5.71. The first-order valence-corrected chi connectivity index (χ1v) is 7.50. The number of hydrogen-bond donors (Lipinski definition) is 1. The van der Waals surface area contributed by atoms with Crippen molar-refractivity contribution in [3.8, 4) is 0 Å². The third-order valence-electron chi connectivity index (χ3n) is 2.63. The van der Waals surface area contributed by atoms with E-state index >= 15 is 0 Å². The number of aryl methyl sites for hydroxylation is 1. The highest BCUT2D eigenvalue weighted by molar-refractivity contribution is 7.11. The van der Waals surface area contributed by atoms with Crippen molar-refractivity contribution in [2.75, 3.05) is 20.1 Å². The van der Waals surface area contributed by atoms with Crippen molar-refractivity contribution in [3.05, 3.63) is 28.7 Å². The van der Waals surface area contributed by atoms with Crippen molar-refractivity contribution < 1.29 is 0 Å². The lowest BCUT2D eigenvalue weighted by atomic mass is 10.3. The maximum absolute atomic E-state index is 4.63. The first-order valence-electron chi connectivity index (χ1n) is 6.69. The number of guanidine groups is 1. The van der Waals surface area contributed by atoms with Crippen LogP contribution in [0.1, 0.15) is 29.7 Å². The van der Waals surface area contributed by atoms with Crippen LogP contribution in [0, 0.1) is 6.92 Å². The van der Waals surface area contributed by atoms with E-state index in [1.165, 1.54) is 4.88 Å². The van der Waals surface area contributed by atoms with Crippen molar-refractivity contribution in [1.82, 2.24) is 15.2 Å². The Morgan fingerprint density at radius 2 is 2.42 bits per heavy atom. The predicted octanol–water partition coefficient (Wildman–Crippen LogP) is 2.82. The van der Waals surface area contributed by atoms with Crippen LogP contribution in [0.15, 0.2) is 23.8 Å². The number of nitrogens with one attached hydrogen (secondary N) is 1. The molecule has 0 saturated heterocycles. The number of rotatable bonds is 7. The Morgan fingerprint density at radius 1 is 1.63 bits per heavy atom. The maximum atomic E-state index is 4.63. The highest BCUT2D eigenvalue weighted by atomic mass is 32.1. The molecule has 1 aromatic rings. The molecule has 0 aliphatic carbocycles. The molecule has 0 saturated carbocycles. The van der Waals surface area contributed by atoms with Crippen LogP contribution in [0.2, 0.25) is 0 Å². The Labute approximate surface area is 120 Å². The maximum Gasteiger partial charge on any atom is 0.194 e. The molecule has 19 heavy (non-hydrogen) atoms. The lowest BCUT2D eigenvalue weighted by Crippen LogP contribution is -2.39. The van der Waals surface area contributed by atoms with E-state index < -0.39 is 0 Å². The molecular weight excluding hydrogens is 256 g/mol. The highest BCUT2D eigenvalue weighted by Gasteiger charge is 2.05. The molecule has 0 radical (unpaired) electrons. The summed E-state index contributed by atoms with van der Waals surface area (Å²) in [6, 6.07) is 0. The van der Waals surface area contributed by atoms with Gasteiger partial charge in [-0.3, -0.25) is 0 Å². The Balaban J connectivity index is 2.56. The number of thiazole rings is 1. The Hall–Kier alpha value is -1.36. The summed E-state index contributed by atoms with van der Waals surface area (Å²) in [5.74, 6) is 0.944. The summed E-state index contributed by atoms with van der Waals surface area (Å²) in [7, 11) is 2.07. The molecule has 106 valence electrons. The number of aromatic nitrogens is 1. The summed E-state index contributed by atoms with van der Waals surface area (Å²) in [4.78, 5) is 12.4. The SMILES string of the molecule is C=CCCCN(C)C(=NCc1ncc(C)s1)NCC. The molecule has 0 spiro atoms. The van der Waals surface area contributed by atoms with Gasteiger partial charge in [0.15, 0.2) is 5.96 Å². The molecule has 1 aromatic heterocycles. The van der Waals surface area contributed by atoms with E-state index in [-0.39, 0.29) is 0 Å². The van der Waals surface area contributed by atoms with Gasteiger partial charge in [-0.2, -0.15) is 0 Å². The molecule has 4 nitrogen and oxygen atoms in total. The van der Waals surface area contributed by atoms with Gasteiger partial charge in [0.1, 0.15) is 5.01 Å². The fraction of sp³-hybridized carbons (Fsp3) is 0.571. The monoisotopic (exact) mass is 280 g/mol. The first-order chi connectivity index (χ1) is 9.17. The average molecular weight is 280 g/mol. The third-order valence-corrected chi connectivity index (χ3v) is 3.53. The smallest absolute Gasteiger partial charge is 0.194 e. The van der Waals surface area contributed by atoms with Crippen LogP contribution in [0.25, 0.3) is 0 Å². The first kappa shape index (κ1) is 15.7. The van der Waals surface area contributed by atoms with E-state index in [1.807, 2.05) is 12.3 Å². The van der Waals surface area contributed by atoms with E-state index in [9.17, 15) is 0 Å². The topological polar surface area (TPSA) is 40.5 Å². The predicted molar refractivity (Wildman–Crippen MR) is 83.7 cm³/mol. The zero-order valence-corrected chi connectivity index (χ0v) is 13.0. The summed E-state index contributed by atoms with van der Waals surface area (Å²) in [6.45, 7) is 10.4. The van der Waals surface area contributed by atoms with Gasteiger partial charge in [-0.05, 0) is 26.7 Å². The van der Waals surface area contributed by atoms with Crippen molar-refractivity contribution in [2.24, 2.45) is 4.99 Å². The van der Waals surface area contributed by atoms with Crippen LogP contribution in [0.4, 0.5) is 0 Å². The van der Waals surface area contributed by atoms with E-state index in [0.717, 1.165) is 36.9 Å². The Kier molecular flexibility index (Phi) is 7.18. The van der Waals surface area contributed by atoms with Gasteiger partial charge >= 0.3 is 0 Å². The second-order valence-electron chi connectivity index (χ2n) is 4.39. The number of hydrogen-bond acceptors (Lipinski definition) is 3. The van der Waals surface area contributed by atoms with Gasteiger partial charge in [0.25, 0.3) is 0 Å². The Morgan fingerprint density at radius 3 is 3.00 bits per heavy atom. The van der Waals surface area contributed by atoms with Gasteiger partial charge < -0.3 is 10.2 Å². The van der Waals surface area contributed by atoms with Crippen LogP contribution >= 0.6 is 11.3 Å². The number of allylic oxidation sites excluding steroid dienone is 1. The zero-order chi connectivity index (χ0) is 14.1. The summed E-state index contributed by atoms with van der Waals surface area (Å²) in [5, 5.41) is 4.38. The minimum atomic E-state index is 0.645. The van der Waals surface area contributed by atoms with Crippen molar-refractivity contribution in [3.63, 3.8) is 0 Å². The fourth-order valence-electron chi connectivity index (χ4n) is 1.67. The molecular formula is C14H24N4S. The van der Waals surface area contributed by atoms with Gasteiger partial charge in [0, 0.05) is 31.2 Å². The molecule has 1 N–H and O–H groups in total. The average Bonchev–Trinajstić information content (AvgIpc) is 2.80. The summed E-state index contributed by atoms with van der Waals surface area (Å²) >= 11 is 1.70. The van der Waals surface area contributed by atoms with Crippen LogP contribution < -0.4 is 5.32 Å². The van der Waals surface area contributed by atoms with E-state index in [0.29, 0.717) is 6.54 Å². The number of aliphatic imine (C=N–C) groups is 1. The highest BCUT2D eigenvalue weighted by Crippen LogP contribution is 2.12. The molecule has 0 amide bonds. The lowest BCUT2D eigenvalue weighted by molar-refractivity contribution is 0.470. The quantitative estimate of drug-likeness (QED) is 0.361. The van der Waals surface area contributed by atoms with Gasteiger partial charge in [0.2, 0.25) is 0 Å². The lowest BCUT2D eigenvalue weighted by Gasteiger charge is -2.21. The Bertz CT molecular complexity index is 411.